The Balaban J connectivity index is 1.49. The largest absolute Gasteiger partial charge is 0.300 e. The number of thiazole rings is 1. The van der Waals surface area contributed by atoms with E-state index in [4.69, 9.17) is 0 Å². The van der Waals surface area contributed by atoms with Crippen LogP contribution in [0.4, 0.5) is 5.13 Å². The number of benzene rings is 1. The van der Waals surface area contributed by atoms with Gasteiger partial charge in [-0.1, -0.05) is 19.1 Å². The number of fused-ring (bicyclic) bond motifs is 2. The van der Waals surface area contributed by atoms with Gasteiger partial charge in [0.1, 0.15) is 6.54 Å². The number of nitrogens with one attached hydrogen (secondary N) is 1. The minimum Gasteiger partial charge on any atom is -0.300 e. The van der Waals surface area contributed by atoms with Crippen molar-refractivity contribution in [2.24, 2.45) is 0 Å². The Morgan fingerprint density at radius 1 is 1.35 bits per heavy atom. The highest BCUT2D eigenvalue weighted by Crippen LogP contribution is 2.28. The second kappa shape index (κ2) is 6.97. The Kier molecular flexibility index (Phi) is 4.52. The van der Waals surface area contributed by atoms with Crippen LogP contribution in [0, 0.1) is 0 Å². The maximum Gasteiger partial charge on any atom is 0.261 e. The van der Waals surface area contributed by atoms with Gasteiger partial charge in [-0.25, -0.2) is 9.97 Å². The number of carbonyl (C=O) groups excluding carboxylic acids is 1. The molecular weight excluding hydrogens is 350 g/mol. The van der Waals surface area contributed by atoms with E-state index in [1.807, 2.05) is 6.07 Å². The van der Waals surface area contributed by atoms with Gasteiger partial charge in [0.15, 0.2) is 5.13 Å². The number of hydrogen-bond donors (Lipinski definition) is 1. The van der Waals surface area contributed by atoms with Crippen LogP contribution >= 0.6 is 11.3 Å². The molecule has 3 aromatic rings. The summed E-state index contributed by atoms with van der Waals surface area (Å²) in [5.74, 6) is -0.275. The van der Waals surface area contributed by atoms with Gasteiger partial charge in [-0.15, -0.1) is 11.3 Å². The molecule has 0 saturated heterocycles. The van der Waals surface area contributed by atoms with Crippen molar-refractivity contribution in [3.8, 4) is 0 Å². The lowest BCUT2D eigenvalue weighted by atomic mass is 10.2. The molecule has 0 atom stereocenters. The molecule has 134 valence electrons. The quantitative estimate of drug-likeness (QED) is 0.759. The van der Waals surface area contributed by atoms with Gasteiger partial charge < -0.3 is 5.32 Å². The highest BCUT2D eigenvalue weighted by atomic mass is 32.1. The number of rotatable bonds is 4. The first-order chi connectivity index (χ1) is 12.6. The zero-order chi connectivity index (χ0) is 18.1. The maximum absolute atomic E-state index is 12.5. The highest BCUT2D eigenvalue weighted by molar-refractivity contribution is 7.15. The lowest BCUT2D eigenvalue weighted by Crippen LogP contribution is -2.29. The highest BCUT2D eigenvalue weighted by Gasteiger charge is 2.20. The van der Waals surface area contributed by atoms with E-state index in [1.54, 1.807) is 18.2 Å². The Hall–Kier alpha value is -2.58. The number of carbonyl (C=O) groups is 1. The van der Waals surface area contributed by atoms with Crippen molar-refractivity contribution in [1.29, 1.82) is 0 Å². The zero-order valence-corrected chi connectivity index (χ0v) is 15.3. The summed E-state index contributed by atoms with van der Waals surface area (Å²) >= 11 is 1.51. The molecule has 3 heterocycles. The SMILES string of the molecule is CCN1CCc2nc(NC(=O)Cn3cnc4ccccc4c3=O)sc2C1. The van der Waals surface area contributed by atoms with E-state index in [-0.39, 0.29) is 18.0 Å². The van der Waals surface area contributed by atoms with E-state index in [2.05, 4.69) is 27.1 Å². The van der Waals surface area contributed by atoms with Crippen molar-refractivity contribution < 1.29 is 4.79 Å². The van der Waals surface area contributed by atoms with Gasteiger partial charge in [0, 0.05) is 24.4 Å². The molecule has 0 spiro atoms. The topological polar surface area (TPSA) is 80.1 Å². The van der Waals surface area contributed by atoms with Crippen molar-refractivity contribution in [2.75, 3.05) is 18.4 Å². The predicted molar refractivity (Wildman–Crippen MR) is 101 cm³/mol. The lowest BCUT2D eigenvalue weighted by Gasteiger charge is -2.23. The van der Waals surface area contributed by atoms with Gasteiger partial charge in [0.05, 0.1) is 22.9 Å². The van der Waals surface area contributed by atoms with Crippen molar-refractivity contribution >= 4 is 33.3 Å². The molecule has 0 radical (unpaired) electrons. The minimum atomic E-state index is -0.275. The summed E-state index contributed by atoms with van der Waals surface area (Å²) in [6.07, 6.45) is 2.32. The van der Waals surface area contributed by atoms with E-state index in [9.17, 15) is 9.59 Å². The van der Waals surface area contributed by atoms with Crippen molar-refractivity contribution in [2.45, 2.75) is 26.4 Å². The first-order valence-electron chi connectivity index (χ1n) is 8.59. The molecule has 4 rings (SSSR count). The number of nitrogens with zero attached hydrogens (tertiary/aromatic N) is 4. The standard InChI is InChI=1S/C18H19N5O2S/c1-2-22-8-7-14-15(9-22)26-18(20-14)21-16(24)10-23-11-19-13-6-4-3-5-12(13)17(23)25/h3-6,11H,2,7-10H2,1H3,(H,20,21,24). The Labute approximate surface area is 154 Å². The number of para-hydroxylation sites is 1. The normalized spacial score (nSPS) is 14.3. The molecule has 1 aliphatic rings. The number of hydrogen-bond acceptors (Lipinski definition) is 6. The van der Waals surface area contributed by atoms with Gasteiger partial charge in [-0.3, -0.25) is 19.1 Å². The van der Waals surface area contributed by atoms with Gasteiger partial charge in [0.25, 0.3) is 5.56 Å². The zero-order valence-electron chi connectivity index (χ0n) is 14.4. The molecule has 0 saturated carbocycles. The van der Waals surface area contributed by atoms with Crippen molar-refractivity contribution in [3.63, 3.8) is 0 Å². The number of anilines is 1. The van der Waals surface area contributed by atoms with Crippen LogP contribution in [0.1, 0.15) is 17.5 Å². The molecule has 0 fully saturated rings. The van der Waals surface area contributed by atoms with Gasteiger partial charge in [-0.2, -0.15) is 0 Å². The van der Waals surface area contributed by atoms with Crippen LogP contribution < -0.4 is 10.9 Å². The van der Waals surface area contributed by atoms with E-state index in [0.717, 1.165) is 31.7 Å². The Morgan fingerprint density at radius 3 is 3.04 bits per heavy atom. The second-order valence-corrected chi connectivity index (χ2v) is 7.33. The van der Waals surface area contributed by atoms with Gasteiger partial charge >= 0.3 is 0 Å². The molecule has 26 heavy (non-hydrogen) atoms. The lowest BCUT2D eigenvalue weighted by molar-refractivity contribution is -0.116. The molecule has 1 aliphatic heterocycles. The summed E-state index contributed by atoms with van der Waals surface area (Å²) in [5, 5.41) is 3.92. The van der Waals surface area contributed by atoms with Gasteiger partial charge in [0.2, 0.25) is 5.91 Å². The first-order valence-corrected chi connectivity index (χ1v) is 9.40. The first kappa shape index (κ1) is 16.9. The van der Waals surface area contributed by atoms with Crippen LogP contribution in [0.3, 0.4) is 0 Å². The summed E-state index contributed by atoms with van der Waals surface area (Å²) in [5.41, 5.74) is 1.48. The van der Waals surface area contributed by atoms with Crippen LogP contribution in [0.15, 0.2) is 35.4 Å². The van der Waals surface area contributed by atoms with Crippen LogP contribution in [0.5, 0.6) is 0 Å². The van der Waals surface area contributed by atoms with E-state index >= 15 is 0 Å². The van der Waals surface area contributed by atoms with E-state index in [0.29, 0.717) is 16.0 Å². The summed E-state index contributed by atoms with van der Waals surface area (Å²) < 4.78 is 1.32. The van der Waals surface area contributed by atoms with E-state index in [1.165, 1.54) is 27.1 Å². The third-order valence-corrected chi connectivity index (χ3v) is 5.55. The molecule has 1 aromatic carbocycles. The molecular formula is C18H19N5O2S. The third kappa shape index (κ3) is 3.25. The molecule has 2 aromatic heterocycles. The monoisotopic (exact) mass is 369 g/mol. The fourth-order valence-electron chi connectivity index (χ4n) is 3.10. The molecule has 0 bridgehead atoms. The second-order valence-electron chi connectivity index (χ2n) is 6.25. The molecule has 1 amide bonds. The average molecular weight is 369 g/mol. The summed E-state index contributed by atoms with van der Waals surface area (Å²) in [7, 11) is 0. The molecule has 7 nitrogen and oxygen atoms in total. The minimum absolute atomic E-state index is 0.0813. The van der Waals surface area contributed by atoms with Crippen molar-refractivity contribution in [1.82, 2.24) is 19.4 Å². The molecule has 0 unspecified atom stereocenters. The fourth-order valence-corrected chi connectivity index (χ4v) is 4.17. The van der Waals surface area contributed by atoms with Gasteiger partial charge in [-0.05, 0) is 18.7 Å². The summed E-state index contributed by atoms with van der Waals surface area (Å²) in [4.78, 5) is 37.2. The van der Waals surface area contributed by atoms with Crippen LogP contribution in [0.2, 0.25) is 0 Å². The Bertz CT molecular complexity index is 1030. The van der Waals surface area contributed by atoms with E-state index < -0.39 is 0 Å². The summed E-state index contributed by atoms with van der Waals surface area (Å²) in [6.45, 7) is 4.95. The molecule has 0 aliphatic carbocycles. The third-order valence-electron chi connectivity index (χ3n) is 4.55. The predicted octanol–water partition coefficient (Wildman–Crippen LogP) is 1.87. The average Bonchev–Trinajstić information content (AvgIpc) is 3.05. The molecule has 1 N–H and O–H groups in total. The maximum atomic E-state index is 12.5. The smallest absolute Gasteiger partial charge is 0.261 e. The number of likely N-dealkylation sites (N-methyl/N-ethyl adjacent to an activating group) is 1. The van der Waals surface area contributed by atoms with Crippen LogP contribution in [-0.4, -0.2) is 38.4 Å². The van der Waals surface area contributed by atoms with Crippen molar-refractivity contribution in [3.05, 3.63) is 51.5 Å². The summed E-state index contributed by atoms with van der Waals surface area (Å²) in [6, 6.07) is 7.11. The molecule has 8 heteroatoms. The van der Waals surface area contributed by atoms with Crippen LogP contribution in [-0.2, 0) is 24.3 Å². The Morgan fingerprint density at radius 2 is 2.19 bits per heavy atom. The number of aromatic nitrogens is 3. The fraction of sp³-hybridized carbons (Fsp3) is 0.333. The van der Waals surface area contributed by atoms with Crippen LogP contribution in [0.25, 0.3) is 10.9 Å². The number of amides is 1.